The maximum Gasteiger partial charge on any atom is -0.00943 e. The Morgan fingerprint density at radius 2 is 1.92 bits per heavy atom. The van der Waals surface area contributed by atoms with Crippen LogP contribution in [-0.2, 0) is 6.42 Å². The van der Waals surface area contributed by atoms with Gasteiger partial charge in [-0.05, 0) is 18.9 Å². The summed E-state index contributed by atoms with van der Waals surface area (Å²) in [6.07, 6.45) is 6.87. The molecule has 0 aliphatic rings. The van der Waals surface area contributed by atoms with Crippen LogP contribution < -0.4 is 0 Å². The van der Waals surface area contributed by atoms with Crippen LogP contribution in [0, 0.1) is 6.92 Å². The second-order valence-corrected chi connectivity index (χ2v) is 2.85. The summed E-state index contributed by atoms with van der Waals surface area (Å²) in [5.41, 5.74) is 2.66. The number of allylic oxidation sites excluding steroid dienone is 3. The molecule has 0 nitrogen and oxygen atoms in total. The van der Waals surface area contributed by atoms with Gasteiger partial charge >= 0.3 is 0 Å². The second-order valence-electron chi connectivity index (χ2n) is 2.85. The van der Waals surface area contributed by atoms with E-state index in [0.29, 0.717) is 0 Å². The molecule has 0 aromatic heterocycles. The highest BCUT2D eigenvalue weighted by atomic mass is 13.9. The van der Waals surface area contributed by atoms with Crippen LogP contribution >= 0.6 is 0 Å². The van der Waals surface area contributed by atoms with Crippen LogP contribution in [0.2, 0.25) is 0 Å². The maximum atomic E-state index is 3.62. The lowest BCUT2D eigenvalue weighted by Gasteiger charge is -1.96. The van der Waals surface area contributed by atoms with Crippen molar-refractivity contribution in [2.24, 2.45) is 0 Å². The predicted octanol–water partition coefficient (Wildman–Crippen LogP) is 3.28. The lowest BCUT2D eigenvalue weighted by molar-refractivity contribution is 1.26. The minimum atomic E-state index is 0.992. The first-order chi connectivity index (χ1) is 5.83. The first-order valence-electron chi connectivity index (χ1n) is 4.16. The molecule has 62 valence electrons. The van der Waals surface area contributed by atoms with Gasteiger partial charge in [-0.3, -0.25) is 0 Å². The summed E-state index contributed by atoms with van der Waals surface area (Å²) < 4.78 is 0. The SMILES string of the molecule is C=C/C=C\Cc1ccc(C)cc1. The summed E-state index contributed by atoms with van der Waals surface area (Å²) in [5, 5.41) is 0. The average Bonchev–Trinajstić information content (AvgIpc) is 2.09. The van der Waals surface area contributed by atoms with Crippen molar-refractivity contribution in [3.05, 3.63) is 60.2 Å². The average molecular weight is 158 g/mol. The molecule has 1 rings (SSSR count). The number of rotatable bonds is 3. The van der Waals surface area contributed by atoms with Crippen molar-refractivity contribution >= 4 is 0 Å². The van der Waals surface area contributed by atoms with E-state index in [-0.39, 0.29) is 0 Å². The highest BCUT2D eigenvalue weighted by Gasteiger charge is 1.87. The Kier molecular flexibility index (Phi) is 3.34. The van der Waals surface area contributed by atoms with E-state index < -0.39 is 0 Å². The lowest BCUT2D eigenvalue weighted by atomic mass is 10.1. The molecule has 1 aromatic carbocycles. The molecule has 0 bridgehead atoms. The van der Waals surface area contributed by atoms with Crippen molar-refractivity contribution in [3.63, 3.8) is 0 Å². The largest absolute Gasteiger partial charge is 0.0991 e. The van der Waals surface area contributed by atoms with Crippen molar-refractivity contribution in [1.29, 1.82) is 0 Å². The molecule has 0 N–H and O–H groups in total. The molecule has 0 saturated carbocycles. The van der Waals surface area contributed by atoms with E-state index >= 15 is 0 Å². The van der Waals surface area contributed by atoms with Crippen LogP contribution in [0.1, 0.15) is 11.1 Å². The number of hydrogen-bond acceptors (Lipinski definition) is 0. The molecule has 0 amide bonds. The zero-order valence-electron chi connectivity index (χ0n) is 7.46. The van der Waals surface area contributed by atoms with Gasteiger partial charge in [-0.2, -0.15) is 0 Å². The molecule has 0 spiro atoms. The van der Waals surface area contributed by atoms with Crippen molar-refractivity contribution in [2.75, 3.05) is 0 Å². The topological polar surface area (TPSA) is 0 Å². The van der Waals surface area contributed by atoms with Crippen molar-refractivity contribution in [2.45, 2.75) is 13.3 Å². The Morgan fingerprint density at radius 3 is 2.50 bits per heavy atom. The molecule has 12 heavy (non-hydrogen) atoms. The molecule has 0 heteroatoms. The first kappa shape index (κ1) is 8.79. The number of hydrogen-bond donors (Lipinski definition) is 0. The summed E-state index contributed by atoms with van der Waals surface area (Å²) in [6.45, 7) is 5.72. The third-order valence-corrected chi connectivity index (χ3v) is 1.75. The minimum Gasteiger partial charge on any atom is -0.0991 e. The maximum absolute atomic E-state index is 3.62. The molecule has 0 aliphatic carbocycles. The fourth-order valence-corrected chi connectivity index (χ4v) is 1.02. The number of benzene rings is 1. The Hall–Kier alpha value is -1.30. The summed E-state index contributed by atoms with van der Waals surface area (Å²) in [6, 6.07) is 8.58. The molecule has 1 aromatic rings. The molecule has 0 heterocycles. The fourth-order valence-electron chi connectivity index (χ4n) is 1.02. The fraction of sp³-hybridized carbons (Fsp3) is 0.167. The Balaban J connectivity index is 2.58. The highest BCUT2D eigenvalue weighted by Crippen LogP contribution is 2.03. The predicted molar refractivity (Wildman–Crippen MR) is 54.2 cm³/mol. The smallest absolute Gasteiger partial charge is 0.00943 e. The van der Waals surface area contributed by atoms with Crippen LogP contribution in [0.15, 0.2) is 49.1 Å². The van der Waals surface area contributed by atoms with Gasteiger partial charge in [0.2, 0.25) is 0 Å². The molecule has 0 fully saturated rings. The van der Waals surface area contributed by atoms with E-state index in [2.05, 4.69) is 43.8 Å². The third-order valence-electron chi connectivity index (χ3n) is 1.75. The van der Waals surface area contributed by atoms with Gasteiger partial charge in [0, 0.05) is 0 Å². The van der Waals surface area contributed by atoms with Crippen LogP contribution in [0.3, 0.4) is 0 Å². The van der Waals surface area contributed by atoms with Gasteiger partial charge in [0.25, 0.3) is 0 Å². The second kappa shape index (κ2) is 4.55. The Labute approximate surface area is 74.2 Å². The molecular weight excluding hydrogens is 144 g/mol. The minimum absolute atomic E-state index is 0.992. The van der Waals surface area contributed by atoms with Gasteiger partial charge in [-0.15, -0.1) is 0 Å². The van der Waals surface area contributed by atoms with E-state index in [1.165, 1.54) is 11.1 Å². The van der Waals surface area contributed by atoms with Gasteiger partial charge in [-0.25, -0.2) is 0 Å². The van der Waals surface area contributed by atoms with E-state index in [9.17, 15) is 0 Å². The van der Waals surface area contributed by atoms with E-state index in [0.717, 1.165) is 6.42 Å². The van der Waals surface area contributed by atoms with Gasteiger partial charge in [0.1, 0.15) is 0 Å². The lowest BCUT2D eigenvalue weighted by Crippen LogP contribution is -1.80. The summed E-state index contributed by atoms with van der Waals surface area (Å²) in [4.78, 5) is 0. The zero-order valence-corrected chi connectivity index (χ0v) is 7.46. The highest BCUT2D eigenvalue weighted by molar-refractivity contribution is 5.23. The summed E-state index contributed by atoms with van der Waals surface area (Å²) in [5.74, 6) is 0. The monoisotopic (exact) mass is 158 g/mol. The van der Waals surface area contributed by atoms with Gasteiger partial charge in [0.15, 0.2) is 0 Å². The van der Waals surface area contributed by atoms with Gasteiger partial charge in [-0.1, -0.05) is 54.6 Å². The van der Waals surface area contributed by atoms with Gasteiger partial charge in [0.05, 0.1) is 0 Å². The Bertz CT molecular complexity index is 265. The van der Waals surface area contributed by atoms with Gasteiger partial charge < -0.3 is 0 Å². The van der Waals surface area contributed by atoms with Crippen LogP contribution in [-0.4, -0.2) is 0 Å². The molecular formula is C12H14. The standard InChI is InChI=1S/C12H14/c1-3-4-5-6-12-9-7-11(2)8-10-12/h3-5,7-10H,1,6H2,2H3/b5-4-. The third kappa shape index (κ3) is 2.75. The first-order valence-corrected chi connectivity index (χ1v) is 4.16. The van der Waals surface area contributed by atoms with Crippen molar-refractivity contribution in [3.8, 4) is 0 Å². The summed E-state index contributed by atoms with van der Waals surface area (Å²) >= 11 is 0. The number of aryl methyl sites for hydroxylation is 1. The van der Waals surface area contributed by atoms with Crippen molar-refractivity contribution < 1.29 is 0 Å². The van der Waals surface area contributed by atoms with Crippen molar-refractivity contribution in [1.82, 2.24) is 0 Å². The molecule has 0 unspecified atom stereocenters. The van der Waals surface area contributed by atoms with E-state index in [1.807, 2.05) is 6.08 Å². The Morgan fingerprint density at radius 1 is 1.25 bits per heavy atom. The van der Waals surface area contributed by atoms with Crippen LogP contribution in [0.25, 0.3) is 0 Å². The molecule has 0 radical (unpaired) electrons. The van der Waals surface area contributed by atoms with E-state index in [4.69, 9.17) is 0 Å². The molecule has 0 aliphatic heterocycles. The molecule has 0 saturated heterocycles. The molecule has 0 atom stereocenters. The van der Waals surface area contributed by atoms with E-state index in [1.54, 1.807) is 6.08 Å². The van der Waals surface area contributed by atoms with Crippen LogP contribution in [0.5, 0.6) is 0 Å². The van der Waals surface area contributed by atoms with Crippen LogP contribution in [0.4, 0.5) is 0 Å². The summed E-state index contributed by atoms with van der Waals surface area (Å²) in [7, 11) is 0. The normalized spacial score (nSPS) is 10.4. The zero-order chi connectivity index (χ0) is 8.81. The quantitative estimate of drug-likeness (QED) is 0.592.